The zero-order valence-electron chi connectivity index (χ0n) is 16.1. The van der Waals surface area contributed by atoms with Crippen LogP contribution < -0.4 is 0 Å². The fraction of sp³-hybridized carbons (Fsp3) is 0.550. The van der Waals surface area contributed by atoms with E-state index in [-0.39, 0.29) is 35.6 Å². The van der Waals surface area contributed by atoms with Crippen LogP contribution in [0.4, 0.5) is 0 Å². The maximum absolute atomic E-state index is 12.9. The minimum atomic E-state index is -0.280. The molecular weight excluding hydrogens is 362 g/mol. The number of likely N-dealkylation sites (tertiary alicyclic amines) is 1. The second-order valence-electron chi connectivity index (χ2n) is 8.21. The first-order chi connectivity index (χ1) is 12.7. The number of hydrogen-bond acceptors (Lipinski definition) is 4. The summed E-state index contributed by atoms with van der Waals surface area (Å²) >= 11 is 4.36. The molecule has 0 radical (unpaired) electrons. The Labute approximate surface area is 165 Å². The van der Waals surface area contributed by atoms with Crippen molar-refractivity contribution in [2.75, 3.05) is 32.7 Å². The monoisotopic (exact) mass is 389 g/mol. The first-order valence-electron chi connectivity index (χ1n) is 9.35. The van der Waals surface area contributed by atoms with E-state index in [0.29, 0.717) is 43.2 Å². The number of carbonyl (C=O) groups excluding carboxylic acids is 3. The fourth-order valence-corrected chi connectivity index (χ4v) is 3.99. The molecule has 1 unspecified atom stereocenters. The van der Waals surface area contributed by atoms with E-state index >= 15 is 0 Å². The number of hydrogen-bond donors (Lipinski definition) is 1. The number of thiol groups is 1. The zero-order valence-corrected chi connectivity index (χ0v) is 17.0. The average molecular weight is 390 g/mol. The molecular formula is C20H27N3O3S. The van der Waals surface area contributed by atoms with E-state index in [9.17, 15) is 14.4 Å². The third-order valence-electron chi connectivity index (χ3n) is 5.30. The van der Waals surface area contributed by atoms with Gasteiger partial charge in [0.15, 0.2) is 0 Å². The molecule has 1 aromatic carbocycles. The standard InChI is InChI=1S/C20H27N3O3S/c1-20(2,3)23-13-14(12-17(23)24)18(25)21-8-10-22(11-9-21)19(26)15-6-4-5-7-16(15)27/h4-7,14,27H,8-13H2,1-3H3. The highest BCUT2D eigenvalue weighted by Gasteiger charge is 2.41. The molecule has 2 fully saturated rings. The maximum Gasteiger partial charge on any atom is 0.255 e. The highest BCUT2D eigenvalue weighted by atomic mass is 32.1. The van der Waals surface area contributed by atoms with Gasteiger partial charge in [0.1, 0.15) is 0 Å². The number of piperazine rings is 1. The van der Waals surface area contributed by atoms with Gasteiger partial charge in [-0.15, -0.1) is 12.6 Å². The van der Waals surface area contributed by atoms with Crippen LogP contribution in [0, 0.1) is 5.92 Å². The summed E-state index contributed by atoms with van der Waals surface area (Å²) in [6.45, 7) is 8.43. The number of carbonyl (C=O) groups is 3. The van der Waals surface area contributed by atoms with Crippen molar-refractivity contribution >= 4 is 30.4 Å². The molecule has 0 saturated carbocycles. The minimum Gasteiger partial charge on any atom is -0.339 e. The Hall–Kier alpha value is -2.02. The second kappa shape index (κ2) is 7.54. The minimum absolute atomic E-state index is 0.0248. The van der Waals surface area contributed by atoms with Crippen LogP contribution in [0.3, 0.4) is 0 Å². The molecule has 7 heteroatoms. The molecule has 3 rings (SSSR count). The van der Waals surface area contributed by atoms with E-state index in [1.165, 1.54) is 0 Å². The molecule has 2 aliphatic heterocycles. The molecule has 6 nitrogen and oxygen atoms in total. The van der Waals surface area contributed by atoms with Gasteiger partial charge in [0.2, 0.25) is 11.8 Å². The number of benzene rings is 1. The van der Waals surface area contributed by atoms with Crippen molar-refractivity contribution in [1.29, 1.82) is 0 Å². The fourth-order valence-electron chi connectivity index (χ4n) is 3.73. The Morgan fingerprint density at radius 1 is 1.04 bits per heavy atom. The van der Waals surface area contributed by atoms with Crippen molar-refractivity contribution in [3.8, 4) is 0 Å². The van der Waals surface area contributed by atoms with Gasteiger partial charge < -0.3 is 14.7 Å². The Balaban J connectivity index is 1.58. The molecule has 0 aromatic heterocycles. The van der Waals surface area contributed by atoms with Crippen LogP contribution >= 0.6 is 12.6 Å². The maximum atomic E-state index is 12.9. The molecule has 27 heavy (non-hydrogen) atoms. The normalized spacial score (nSPS) is 21.0. The van der Waals surface area contributed by atoms with Crippen LogP contribution in [0.15, 0.2) is 29.2 Å². The van der Waals surface area contributed by atoms with Crippen LogP contribution in [0.2, 0.25) is 0 Å². The Morgan fingerprint density at radius 3 is 2.19 bits per heavy atom. The second-order valence-corrected chi connectivity index (χ2v) is 8.69. The van der Waals surface area contributed by atoms with Crippen LogP contribution in [-0.4, -0.2) is 70.7 Å². The lowest BCUT2D eigenvalue weighted by Crippen LogP contribution is -2.52. The van der Waals surface area contributed by atoms with E-state index in [1.54, 1.807) is 26.8 Å². The molecule has 3 amide bonds. The summed E-state index contributed by atoms with van der Waals surface area (Å²) in [5.74, 6) is -0.267. The van der Waals surface area contributed by atoms with Gasteiger partial charge in [-0.1, -0.05) is 12.1 Å². The van der Waals surface area contributed by atoms with Gasteiger partial charge in [0, 0.05) is 49.6 Å². The molecule has 1 aromatic rings. The van der Waals surface area contributed by atoms with E-state index in [0.717, 1.165) is 0 Å². The lowest BCUT2D eigenvalue weighted by molar-refractivity contribution is -0.137. The smallest absolute Gasteiger partial charge is 0.255 e. The van der Waals surface area contributed by atoms with E-state index < -0.39 is 0 Å². The third-order valence-corrected chi connectivity index (χ3v) is 5.69. The first-order valence-corrected chi connectivity index (χ1v) is 9.79. The average Bonchev–Trinajstić information content (AvgIpc) is 3.03. The lowest BCUT2D eigenvalue weighted by Gasteiger charge is -2.36. The van der Waals surface area contributed by atoms with Crippen molar-refractivity contribution < 1.29 is 14.4 Å². The molecule has 0 N–H and O–H groups in total. The van der Waals surface area contributed by atoms with Crippen LogP contribution in [0.5, 0.6) is 0 Å². The Kier molecular flexibility index (Phi) is 5.51. The predicted molar refractivity (Wildman–Crippen MR) is 106 cm³/mol. The topological polar surface area (TPSA) is 60.9 Å². The third kappa shape index (κ3) is 4.13. The molecule has 1 atom stereocenters. The van der Waals surface area contributed by atoms with Crippen LogP contribution in [-0.2, 0) is 9.59 Å². The summed E-state index contributed by atoms with van der Waals surface area (Å²) in [4.78, 5) is 43.8. The molecule has 0 bridgehead atoms. The van der Waals surface area contributed by atoms with Gasteiger partial charge >= 0.3 is 0 Å². The summed E-state index contributed by atoms with van der Waals surface area (Å²) in [5, 5.41) is 0. The van der Waals surface area contributed by atoms with Crippen molar-refractivity contribution in [3.63, 3.8) is 0 Å². The number of rotatable bonds is 2. The number of amides is 3. The molecule has 0 aliphatic carbocycles. The highest BCUT2D eigenvalue weighted by molar-refractivity contribution is 7.80. The van der Waals surface area contributed by atoms with Crippen molar-refractivity contribution in [3.05, 3.63) is 29.8 Å². The van der Waals surface area contributed by atoms with Crippen molar-refractivity contribution in [1.82, 2.24) is 14.7 Å². The largest absolute Gasteiger partial charge is 0.339 e. The SMILES string of the molecule is CC(C)(C)N1CC(C(=O)N2CCN(C(=O)c3ccccc3S)CC2)CC1=O. The van der Waals surface area contributed by atoms with E-state index in [4.69, 9.17) is 0 Å². The number of nitrogens with zero attached hydrogens (tertiary/aromatic N) is 3. The molecule has 2 aliphatic rings. The molecule has 146 valence electrons. The molecule has 2 saturated heterocycles. The summed E-state index contributed by atoms with van der Waals surface area (Å²) in [6, 6.07) is 7.24. The van der Waals surface area contributed by atoms with E-state index in [2.05, 4.69) is 12.6 Å². The highest BCUT2D eigenvalue weighted by Crippen LogP contribution is 2.27. The van der Waals surface area contributed by atoms with Crippen LogP contribution in [0.1, 0.15) is 37.6 Å². The van der Waals surface area contributed by atoms with Gasteiger partial charge in [0.25, 0.3) is 5.91 Å². The quantitative estimate of drug-likeness (QED) is 0.786. The van der Waals surface area contributed by atoms with Gasteiger partial charge in [-0.25, -0.2) is 0 Å². The Morgan fingerprint density at radius 2 is 1.63 bits per heavy atom. The first kappa shape index (κ1) is 19.7. The van der Waals surface area contributed by atoms with Gasteiger partial charge in [-0.3, -0.25) is 14.4 Å². The lowest BCUT2D eigenvalue weighted by atomic mass is 10.1. The zero-order chi connectivity index (χ0) is 19.8. The summed E-state index contributed by atoms with van der Waals surface area (Å²) in [7, 11) is 0. The summed E-state index contributed by atoms with van der Waals surface area (Å²) in [5.41, 5.74) is 0.320. The van der Waals surface area contributed by atoms with Crippen molar-refractivity contribution in [2.24, 2.45) is 5.92 Å². The van der Waals surface area contributed by atoms with Gasteiger partial charge in [0.05, 0.1) is 11.5 Å². The van der Waals surface area contributed by atoms with Crippen molar-refractivity contribution in [2.45, 2.75) is 37.6 Å². The van der Waals surface area contributed by atoms with Gasteiger partial charge in [-0.05, 0) is 32.9 Å². The van der Waals surface area contributed by atoms with Gasteiger partial charge in [-0.2, -0.15) is 0 Å². The predicted octanol–water partition coefficient (Wildman–Crippen LogP) is 1.91. The Bertz CT molecular complexity index is 751. The summed E-state index contributed by atoms with van der Waals surface area (Å²) < 4.78 is 0. The molecule has 2 heterocycles. The van der Waals surface area contributed by atoms with Crippen LogP contribution in [0.25, 0.3) is 0 Å². The molecule has 0 spiro atoms. The summed E-state index contributed by atoms with van der Waals surface area (Å²) in [6.07, 6.45) is 0.280. The van der Waals surface area contributed by atoms with E-state index in [1.807, 2.05) is 32.9 Å².